The molecule has 3 aromatic rings. The summed E-state index contributed by atoms with van der Waals surface area (Å²) in [7, 11) is 0. The van der Waals surface area contributed by atoms with Crippen LogP contribution in [0.1, 0.15) is 35.7 Å². The minimum absolute atomic E-state index is 0.267. The van der Waals surface area contributed by atoms with Gasteiger partial charge in [-0.05, 0) is 53.9 Å². The van der Waals surface area contributed by atoms with Crippen LogP contribution >= 0.6 is 0 Å². The highest BCUT2D eigenvalue weighted by molar-refractivity contribution is 5.89. The van der Waals surface area contributed by atoms with Crippen molar-refractivity contribution in [1.82, 2.24) is 0 Å². The maximum absolute atomic E-state index is 11.6. The number of hydrogen-bond acceptors (Lipinski definition) is 4. The molecule has 31 heavy (non-hydrogen) atoms. The molecule has 0 bridgehead atoms. The van der Waals surface area contributed by atoms with Crippen LogP contribution in [0.3, 0.4) is 0 Å². The Balaban J connectivity index is 1.55. The second kappa shape index (κ2) is 9.13. The van der Waals surface area contributed by atoms with Gasteiger partial charge in [-0.25, -0.2) is 4.79 Å². The molecule has 1 aliphatic rings. The van der Waals surface area contributed by atoms with Gasteiger partial charge in [0.2, 0.25) is 0 Å². The van der Waals surface area contributed by atoms with Crippen LogP contribution < -0.4 is 14.5 Å². The molecule has 160 valence electrons. The molecule has 1 N–H and O–H groups in total. The number of para-hydroxylation sites is 1. The maximum Gasteiger partial charge on any atom is 0.335 e. The third-order valence-electron chi connectivity index (χ3n) is 5.72. The number of aromatic carboxylic acids is 1. The van der Waals surface area contributed by atoms with Crippen molar-refractivity contribution in [3.8, 4) is 11.5 Å². The fourth-order valence-corrected chi connectivity index (χ4v) is 3.88. The number of benzene rings is 3. The first-order valence-electron chi connectivity index (χ1n) is 10.7. The zero-order valence-corrected chi connectivity index (χ0v) is 18.0. The molecule has 5 heteroatoms. The number of piperazine rings is 1. The van der Waals surface area contributed by atoms with Crippen LogP contribution in [0.2, 0.25) is 0 Å². The molecule has 0 unspecified atom stereocenters. The van der Waals surface area contributed by atoms with E-state index in [1.165, 1.54) is 11.3 Å². The van der Waals surface area contributed by atoms with Gasteiger partial charge >= 0.3 is 5.97 Å². The molecular formula is C26H28N2O3. The predicted octanol–water partition coefficient (Wildman–Crippen LogP) is 5.63. The van der Waals surface area contributed by atoms with Crippen LogP contribution in [0.5, 0.6) is 11.5 Å². The number of nitrogens with zero attached hydrogens (tertiary/aromatic N) is 2. The summed E-state index contributed by atoms with van der Waals surface area (Å²) in [6, 6.07) is 23.5. The van der Waals surface area contributed by atoms with Crippen molar-refractivity contribution < 1.29 is 14.6 Å². The lowest BCUT2D eigenvalue weighted by molar-refractivity contribution is 0.0697. The Morgan fingerprint density at radius 3 is 2.13 bits per heavy atom. The second-order valence-electron chi connectivity index (χ2n) is 8.12. The maximum atomic E-state index is 11.6. The van der Waals surface area contributed by atoms with Crippen LogP contribution in [0.4, 0.5) is 11.4 Å². The van der Waals surface area contributed by atoms with Gasteiger partial charge < -0.3 is 19.6 Å². The second-order valence-corrected chi connectivity index (χ2v) is 8.12. The van der Waals surface area contributed by atoms with Gasteiger partial charge in [0, 0.05) is 31.9 Å². The van der Waals surface area contributed by atoms with Gasteiger partial charge in [0.1, 0.15) is 5.75 Å². The highest BCUT2D eigenvalue weighted by Gasteiger charge is 2.22. The first kappa shape index (κ1) is 20.8. The summed E-state index contributed by atoms with van der Waals surface area (Å²) in [5, 5.41) is 9.49. The van der Waals surface area contributed by atoms with Gasteiger partial charge in [-0.15, -0.1) is 0 Å². The van der Waals surface area contributed by atoms with E-state index in [2.05, 4.69) is 60.0 Å². The summed E-state index contributed by atoms with van der Waals surface area (Å²) < 4.78 is 6.20. The molecule has 1 aliphatic heterocycles. The van der Waals surface area contributed by atoms with E-state index in [-0.39, 0.29) is 5.56 Å². The zero-order chi connectivity index (χ0) is 21.8. The number of rotatable bonds is 6. The van der Waals surface area contributed by atoms with E-state index in [1.54, 1.807) is 18.2 Å². The van der Waals surface area contributed by atoms with Gasteiger partial charge in [-0.2, -0.15) is 0 Å². The van der Waals surface area contributed by atoms with Crippen molar-refractivity contribution in [3.05, 3.63) is 83.9 Å². The normalized spacial score (nSPS) is 14.0. The Bertz CT molecular complexity index is 1020. The third kappa shape index (κ3) is 4.82. The van der Waals surface area contributed by atoms with Gasteiger partial charge in [0.05, 0.1) is 11.3 Å². The minimum atomic E-state index is -0.933. The molecule has 5 nitrogen and oxygen atoms in total. The fourth-order valence-electron chi connectivity index (χ4n) is 3.88. The molecule has 3 aromatic carbocycles. The Hall–Kier alpha value is -3.47. The van der Waals surface area contributed by atoms with Crippen LogP contribution in [0.15, 0.2) is 72.8 Å². The van der Waals surface area contributed by atoms with Crippen molar-refractivity contribution in [2.75, 3.05) is 36.0 Å². The van der Waals surface area contributed by atoms with Crippen molar-refractivity contribution >= 4 is 17.3 Å². The van der Waals surface area contributed by atoms with Gasteiger partial charge in [-0.1, -0.05) is 44.2 Å². The van der Waals surface area contributed by atoms with Gasteiger partial charge in [0.15, 0.2) is 5.75 Å². The molecule has 0 aliphatic carbocycles. The van der Waals surface area contributed by atoms with Crippen LogP contribution in [-0.2, 0) is 0 Å². The van der Waals surface area contributed by atoms with Crippen molar-refractivity contribution in [3.63, 3.8) is 0 Å². The summed E-state index contributed by atoms with van der Waals surface area (Å²) >= 11 is 0. The first-order chi connectivity index (χ1) is 15.0. The number of ether oxygens (including phenoxy) is 1. The number of carbonyl (C=O) groups is 1. The average Bonchev–Trinajstić information content (AvgIpc) is 2.80. The Kier molecular flexibility index (Phi) is 6.12. The Labute approximate surface area is 183 Å². The highest BCUT2D eigenvalue weighted by atomic mass is 16.5. The van der Waals surface area contributed by atoms with E-state index in [0.717, 1.165) is 37.6 Å². The molecule has 1 fully saturated rings. The summed E-state index contributed by atoms with van der Waals surface area (Å²) in [5.41, 5.74) is 3.55. The molecular weight excluding hydrogens is 388 g/mol. The zero-order valence-electron chi connectivity index (χ0n) is 18.0. The smallest absolute Gasteiger partial charge is 0.335 e. The van der Waals surface area contributed by atoms with E-state index < -0.39 is 5.97 Å². The van der Waals surface area contributed by atoms with Crippen molar-refractivity contribution in [1.29, 1.82) is 0 Å². The number of carboxylic acids is 1. The molecule has 0 radical (unpaired) electrons. The average molecular weight is 417 g/mol. The number of anilines is 2. The lowest BCUT2D eigenvalue weighted by atomic mass is 10.0. The number of carboxylic acid groups (broad SMARTS) is 1. The van der Waals surface area contributed by atoms with E-state index >= 15 is 0 Å². The van der Waals surface area contributed by atoms with Crippen LogP contribution in [0.25, 0.3) is 0 Å². The Morgan fingerprint density at radius 1 is 0.871 bits per heavy atom. The fraction of sp³-hybridized carbons (Fsp3) is 0.269. The molecule has 0 amide bonds. The van der Waals surface area contributed by atoms with E-state index in [4.69, 9.17) is 4.74 Å². The Morgan fingerprint density at radius 2 is 1.52 bits per heavy atom. The third-order valence-corrected chi connectivity index (χ3v) is 5.72. The summed E-state index contributed by atoms with van der Waals surface area (Å²) in [6.45, 7) is 7.64. The summed E-state index contributed by atoms with van der Waals surface area (Å²) in [5.74, 6) is 0.949. The van der Waals surface area contributed by atoms with Gasteiger partial charge in [-0.3, -0.25) is 0 Å². The molecule has 4 rings (SSSR count). The van der Waals surface area contributed by atoms with E-state index in [0.29, 0.717) is 11.7 Å². The predicted molar refractivity (Wildman–Crippen MR) is 125 cm³/mol. The lowest BCUT2D eigenvalue weighted by Gasteiger charge is -2.38. The SMILES string of the molecule is CC(C)c1ccc(Oc2ccc(C(=O)O)cc2N2CCN(c3ccccc3)CC2)cc1. The summed E-state index contributed by atoms with van der Waals surface area (Å²) in [6.07, 6.45) is 0. The van der Waals surface area contributed by atoms with Gasteiger partial charge in [0.25, 0.3) is 0 Å². The minimum Gasteiger partial charge on any atom is -0.478 e. The molecule has 0 atom stereocenters. The topological polar surface area (TPSA) is 53.0 Å². The lowest BCUT2D eigenvalue weighted by Crippen LogP contribution is -2.46. The standard InChI is InChI=1S/C26H28N2O3/c1-19(2)20-8-11-23(12-9-20)31-25-13-10-21(26(29)30)18-24(25)28-16-14-27(15-17-28)22-6-4-3-5-7-22/h3-13,18-19H,14-17H2,1-2H3,(H,29,30). The van der Waals surface area contributed by atoms with Crippen molar-refractivity contribution in [2.24, 2.45) is 0 Å². The molecule has 0 aromatic heterocycles. The molecule has 0 spiro atoms. The van der Waals surface area contributed by atoms with E-state index in [1.807, 2.05) is 18.2 Å². The molecule has 1 heterocycles. The summed E-state index contributed by atoms with van der Waals surface area (Å²) in [4.78, 5) is 16.1. The monoisotopic (exact) mass is 416 g/mol. The quantitative estimate of drug-likeness (QED) is 0.565. The molecule has 0 saturated carbocycles. The van der Waals surface area contributed by atoms with Crippen LogP contribution in [0, 0.1) is 0 Å². The number of hydrogen-bond donors (Lipinski definition) is 1. The first-order valence-corrected chi connectivity index (χ1v) is 10.7. The highest BCUT2D eigenvalue weighted by Crippen LogP contribution is 2.35. The largest absolute Gasteiger partial charge is 0.478 e. The molecule has 1 saturated heterocycles. The van der Waals surface area contributed by atoms with E-state index in [9.17, 15) is 9.90 Å². The van der Waals surface area contributed by atoms with Crippen LogP contribution in [-0.4, -0.2) is 37.3 Å². The van der Waals surface area contributed by atoms with Crippen molar-refractivity contribution in [2.45, 2.75) is 19.8 Å².